The highest BCUT2D eigenvalue weighted by molar-refractivity contribution is 7.92. The number of fused-ring (bicyclic) bond motifs is 1. The molecule has 1 aromatic carbocycles. The minimum absolute atomic E-state index is 0.0405. The van der Waals surface area contributed by atoms with Crippen molar-refractivity contribution < 1.29 is 17.6 Å². The Kier molecular flexibility index (Phi) is 2.58. The van der Waals surface area contributed by atoms with E-state index < -0.39 is 20.9 Å². The predicted molar refractivity (Wildman–Crippen MR) is 56.4 cm³/mol. The Labute approximate surface area is 93.2 Å². The molecule has 1 aromatic rings. The number of rotatable bonds is 2. The quantitative estimate of drug-likeness (QED) is 0.789. The lowest BCUT2D eigenvalue weighted by Crippen LogP contribution is -2.19. The van der Waals surface area contributed by atoms with Crippen LogP contribution in [0.25, 0.3) is 0 Å². The third kappa shape index (κ3) is 1.65. The number of hydrogen-bond acceptors (Lipinski definition) is 3. The molecule has 0 radical (unpaired) electrons. The Balaban J connectivity index is 2.50. The maximum atomic E-state index is 13.4. The molecule has 1 heterocycles. The first kappa shape index (κ1) is 11.3. The van der Waals surface area contributed by atoms with Gasteiger partial charge in [-0.3, -0.25) is 4.79 Å². The molecule has 0 saturated carbocycles. The molecule has 0 aromatic heterocycles. The van der Waals surface area contributed by atoms with Crippen molar-refractivity contribution in [3.8, 4) is 0 Å². The van der Waals surface area contributed by atoms with Crippen LogP contribution in [0.2, 0.25) is 0 Å². The van der Waals surface area contributed by atoms with Crippen molar-refractivity contribution in [3.63, 3.8) is 0 Å². The van der Waals surface area contributed by atoms with Gasteiger partial charge in [0.05, 0.1) is 10.1 Å². The van der Waals surface area contributed by atoms with Gasteiger partial charge in [-0.2, -0.15) is 0 Å². The summed E-state index contributed by atoms with van der Waals surface area (Å²) in [5.74, 6) is -0.700. The van der Waals surface area contributed by atoms with Crippen LogP contribution < -0.4 is 0 Å². The summed E-state index contributed by atoms with van der Waals surface area (Å²) >= 11 is 0. The van der Waals surface area contributed by atoms with Crippen molar-refractivity contribution in [1.82, 2.24) is 0 Å². The molecule has 0 bridgehead atoms. The summed E-state index contributed by atoms with van der Waals surface area (Å²) in [7, 11) is -3.52. The van der Waals surface area contributed by atoms with E-state index in [9.17, 15) is 17.6 Å². The van der Waals surface area contributed by atoms with E-state index in [2.05, 4.69) is 0 Å². The molecule has 1 unspecified atom stereocenters. The maximum absolute atomic E-state index is 13.4. The predicted octanol–water partition coefficient (Wildman–Crippen LogP) is 1.50. The minimum atomic E-state index is -3.52. The standard InChI is InChI=1S/C11H11FO3S/c1-7(13)5-8-6-9-10(12)3-2-4-11(9)16(8,14)15/h2-4,8H,5-6H2,1H3. The lowest BCUT2D eigenvalue weighted by molar-refractivity contribution is -0.117. The molecule has 16 heavy (non-hydrogen) atoms. The van der Waals surface area contributed by atoms with Gasteiger partial charge in [-0.05, 0) is 25.5 Å². The average Bonchev–Trinajstić information content (AvgIpc) is 2.41. The summed E-state index contributed by atoms with van der Waals surface area (Å²) in [5.41, 5.74) is 0.216. The molecule has 1 aliphatic heterocycles. The van der Waals surface area contributed by atoms with E-state index in [-0.39, 0.29) is 29.1 Å². The molecule has 0 fully saturated rings. The molecule has 0 N–H and O–H groups in total. The fraction of sp³-hybridized carbons (Fsp3) is 0.364. The van der Waals surface area contributed by atoms with Crippen molar-refractivity contribution in [2.75, 3.05) is 0 Å². The number of hydrogen-bond donors (Lipinski definition) is 0. The van der Waals surface area contributed by atoms with Crippen LogP contribution in [0, 0.1) is 5.82 Å². The van der Waals surface area contributed by atoms with E-state index in [0.717, 1.165) is 0 Å². The second-order valence-electron chi connectivity index (χ2n) is 3.99. The van der Waals surface area contributed by atoms with Gasteiger partial charge in [0.25, 0.3) is 0 Å². The Morgan fingerprint density at radius 2 is 2.19 bits per heavy atom. The molecule has 1 aliphatic rings. The number of carbonyl (C=O) groups excluding carboxylic acids is 1. The Hall–Kier alpha value is -1.23. The zero-order chi connectivity index (χ0) is 11.9. The third-order valence-corrected chi connectivity index (χ3v) is 4.97. The van der Waals surface area contributed by atoms with Gasteiger partial charge in [0.2, 0.25) is 0 Å². The van der Waals surface area contributed by atoms with Crippen LogP contribution in [-0.4, -0.2) is 19.5 Å². The van der Waals surface area contributed by atoms with Gasteiger partial charge in [-0.25, -0.2) is 12.8 Å². The number of carbonyl (C=O) groups is 1. The van der Waals surface area contributed by atoms with Crippen molar-refractivity contribution in [3.05, 3.63) is 29.6 Å². The van der Waals surface area contributed by atoms with Crippen molar-refractivity contribution in [2.45, 2.75) is 29.9 Å². The zero-order valence-electron chi connectivity index (χ0n) is 8.73. The van der Waals surface area contributed by atoms with Crippen LogP contribution >= 0.6 is 0 Å². The molecule has 5 heteroatoms. The summed E-state index contributed by atoms with van der Waals surface area (Å²) < 4.78 is 37.3. The fourth-order valence-corrected chi connectivity index (χ4v) is 4.01. The molecule has 2 rings (SSSR count). The molecule has 3 nitrogen and oxygen atoms in total. The summed E-state index contributed by atoms with van der Waals surface area (Å²) in [6.07, 6.45) is 0.0559. The topological polar surface area (TPSA) is 51.2 Å². The Morgan fingerprint density at radius 1 is 1.50 bits per heavy atom. The average molecular weight is 242 g/mol. The molecule has 0 saturated heterocycles. The lowest BCUT2D eigenvalue weighted by atomic mass is 10.1. The number of sulfone groups is 1. The first-order valence-corrected chi connectivity index (χ1v) is 6.48. The normalized spacial score (nSPS) is 21.8. The molecule has 1 atom stereocenters. The first-order valence-electron chi connectivity index (χ1n) is 4.93. The smallest absolute Gasteiger partial charge is 0.182 e. The fourth-order valence-electron chi connectivity index (χ4n) is 2.02. The van der Waals surface area contributed by atoms with Gasteiger partial charge in [-0.1, -0.05) is 6.07 Å². The first-order chi connectivity index (χ1) is 7.43. The molecule has 0 aliphatic carbocycles. The molecule has 0 amide bonds. The largest absolute Gasteiger partial charge is 0.300 e. The minimum Gasteiger partial charge on any atom is -0.300 e. The Bertz CT molecular complexity index is 548. The van der Waals surface area contributed by atoms with Crippen molar-refractivity contribution in [2.24, 2.45) is 0 Å². The number of halogens is 1. The molecule has 0 spiro atoms. The SMILES string of the molecule is CC(=O)CC1Cc2c(F)cccc2S1(=O)=O. The van der Waals surface area contributed by atoms with Gasteiger partial charge in [0.1, 0.15) is 11.6 Å². The molecular weight excluding hydrogens is 231 g/mol. The molecular formula is C11H11FO3S. The van der Waals surface area contributed by atoms with Crippen LogP contribution in [0.5, 0.6) is 0 Å². The highest BCUT2D eigenvalue weighted by atomic mass is 32.2. The van der Waals surface area contributed by atoms with Crippen LogP contribution in [0.4, 0.5) is 4.39 Å². The van der Waals surface area contributed by atoms with Crippen LogP contribution in [0.3, 0.4) is 0 Å². The van der Waals surface area contributed by atoms with Gasteiger partial charge in [0, 0.05) is 12.0 Å². The third-order valence-electron chi connectivity index (χ3n) is 2.77. The van der Waals surface area contributed by atoms with Crippen LogP contribution in [-0.2, 0) is 21.1 Å². The van der Waals surface area contributed by atoms with Crippen molar-refractivity contribution in [1.29, 1.82) is 0 Å². The summed E-state index contributed by atoms with van der Waals surface area (Å²) in [6.45, 7) is 1.34. The zero-order valence-corrected chi connectivity index (χ0v) is 9.55. The highest BCUT2D eigenvalue weighted by Crippen LogP contribution is 2.34. The van der Waals surface area contributed by atoms with Crippen LogP contribution in [0.15, 0.2) is 23.1 Å². The van der Waals surface area contributed by atoms with Gasteiger partial charge < -0.3 is 0 Å². The van der Waals surface area contributed by atoms with Gasteiger partial charge in [-0.15, -0.1) is 0 Å². The van der Waals surface area contributed by atoms with Crippen LogP contribution in [0.1, 0.15) is 18.9 Å². The van der Waals surface area contributed by atoms with Gasteiger partial charge >= 0.3 is 0 Å². The monoisotopic (exact) mass is 242 g/mol. The second-order valence-corrected chi connectivity index (χ2v) is 6.19. The lowest BCUT2D eigenvalue weighted by Gasteiger charge is -2.05. The van der Waals surface area contributed by atoms with E-state index in [0.29, 0.717) is 0 Å². The summed E-state index contributed by atoms with van der Waals surface area (Å²) in [6, 6.07) is 4.01. The number of Topliss-reactive ketones (excluding diaryl/α,β-unsaturated/α-hetero) is 1. The van der Waals surface area contributed by atoms with Gasteiger partial charge in [0.15, 0.2) is 9.84 Å². The second kappa shape index (κ2) is 3.66. The summed E-state index contributed by atoms with van der Waals surface area (Å²) in [4.78, 5) is 11.0. The summed E-state index contributed by atoms with van der Waals surface area (Å²) in [5, 5.41) is -0.795. The van der Waals surface area contributed by atoms with E-state index in [4.69, 9.17) is 0 Å². The van der Waals surface area contributed by atoms with Crippen molar-refractivity contribution >= 4 is 15.6 Å². The highest BCUT2D eigenvalue weighted by Gasteiger charge is 2.38. The maximum Gasteiger partial charge on any atom is 0.182 e. The number of ketones is 1. The molecule has 86 valence electrons. The Morgan fingerprint density at radius 3 is 2.75 bits per heavy atom. The van der Waals surface area contributed by atoms with E-state index >= 15 is 0 Å². The van der Waals surface area contributed by atoms with E-state index in [1.807, 2.05) is 0 Å². The van der Waals surface area contributed by atoms with E-state index in [1.54, 1.807) is 0 Å². The van der Waals surface area contributed by atoms with E-state index in [1.165, 1.54) is 25.1 Å². The number of benzene rings is 1.